The molecular weight excluding hydrogens is 378 g/mol. The summed E-state index contributed by atoms with van der Waals surface area (Å²) in [5, 5.41) is 0. The van der Waals surface area contributed by atoms with Crippen molar-refractivity contribution in [2.24, 2.45) is 0 Å². The minimum absolute atomic E-state index is 0.102. The number of Topliss-reactive ketones (excluding diaryl/α,β-unsaturated/α-hetero) is 1. The molecule has 1 aromatic heterocycles. The maximum absolute atomic E-state index is 13.1. The molecule has 0 bridgehead atoms. The van der Waals surface area contributed by atoms with Gasteiger partial charge in [0, 0.05) is 21.7 Å². The number of ketones is 1. The van der Waals surface area contributed by atoms with Crippen molar-refractivity contribution in [3.8, 4) is 0 Å². The molecule has 0 N–H and O–H groups in total. The topological polar surface area (TPSA) is 29.5 Å². The number of rotatable bonds is 5. The molecule has 0 saturated heterocycles. The highest BCUT2D eigenvalue weighted by molar-refractivity contribution is 7.12. The van der Waals surface area contributed by atoms with Crippen LogP contribution in [0.25, 0.3) is 0 Å². The molecule has 0 radical (unpaired) electrons. The van der Waals surface area contributed by atoms with Crippen LogP contribution in [0.3, 0.4) is 0 Å². The van der Waals surface area contributed by atoms with Crippen LogP contribution in [0, 0.1) is 13.8 Å². The molecular formula is C25H27NO2S. The van der Waals surface area contributed by atoms with Gasteiger partial charge in [-0.2, -0.15) is 0 Å². The lowest BCUT2D eigenvalue weighted by Crippen LogP contribution is -2.34. The van der Waals surface area contributed by atoms with Crippen molar-refractivity contribution in [1.29, 1.82) is 0 Å². The van der Waals surface area contributed by atoms with Gasteiger partial charge in [0.1, 0.15) is 6.10 Å². The molecule has 150 valence electrons. The number of benzene rings is 2. The minimum atomic E-state index is -0.250. The predicted octanol–water partition coefficient (Wildman–Crippen LogP) is 6.05. The SMILES string of the molecule is Cc1cc(C(=O)CC2O[C@H](c3ccccc3)[C@@H](N(C)C)c3ccccc32)c(C)s1. The quantitative estimate of drug-likeness (QED) is 0.484. The highest BCUT2D eigenvalue weighted by Crippen LogP contribution is 2.47. The van der Waals surface area contributed by atoms with Gasteiger partial charge in [0.25, 0.3) is 0 Å². The lowest BCUT2D eigenvalue weighted by molar-refractivity contribution is -0.0718. The van der Waals surface area contributed by atoms with Gasteiger partial charge in [0.05, 0.1) is 12.1 Å². The lowest BCUT2D eigenvalue weighted by atomic mass is 9.84. The second-order valence-electron chi connectivity index (χ2n) is 7.95. The Labute approximate surface area is 176 Å². The van der Waals surface area contributed by atoms with Gasteiger partial charge in [-0.25, -0.2) is 0 Å². The van der Waals surface area contributed by atoms with Crippen molar-refractivity contribution in [1.82, 2.24) is 4.90 Å². The highest BCUT2D eigenvalue weighted by Gasteiger charge is 2.38. The summed E-state index contributed by atoms with van der Waals surface area (Å²) >= 11 is 1.68. The Morgan fingerprint density at radius 1 is 1.00 bits per heavy atom. The van der Waals surface area contributed by atoms with Gasteiger partial charge in [0.15, 0.2) is 5.78 Å². The van der Waals surface area contributed by atoms with Crippen LogP contribution in [-0.2, 0) is 4.74 Å². The van der Waals surface area contributed by atoms with Crippen LogP contribution >= 0.6 is 11.3 Å². The Morgan fingerprint density at radius 3 is 2.28 bits per heavy atom. The number of nitrogens with zero attached hydrogens (tertiary/aromatic N) is 1. The van der Waals surface area contributed by atoms with Crippen LogP contribution in [0.5, 0.6) is 0 Å². The zero-order valence-electron chi connectivity index (χ0n) is 17.4. The molecule has 1 aliphatic rings. The molecule has 3 aromatic rings. The maximum Gasteiger partial charge on any atom is 0.166 e. The first-order valence-electron chi connectivity index (χ1n) is 10.0. The van der Waals surface area contributed by atoms with Crippen molar-refractivity contribution in [2.45, 2.75) is 38.5 Å². The van der Waals surface area contributed by atoms with E-state index in [-0.39, 0.29) is 24.0 Å². The summed E-state index contributed by atoms with van der Waals surface area (Å²) in [4.78, 5) is 17.6. The second-order valence-corrected chi connectivity index (χ2v) is 9.41. The molecule has 0 saturated carbocycles. The Morgan fingerprint density at radius 2 is 1.66 bits per heavy atom. The largest absolute Gasteiger partial charge is 0.363 e. The first-order chi connectivity index (χ1) is 14.0. The van der Waals surface area contributed by atoms with Crippen LogP contribution in [-0.4, -0.2) is 24.8 Å². The molecule has 0 fully saturated rings. The number of hydrogen-bond acceptors (Lipinski definition) is 4. The van der Waals surface area contributed by atoms with Crippen molar-refractivity contribution < 1.29 is 9.53 Å². The minimum Gasteiger partial charge on any atom is -0.363 e. The zero-order chi connectivity index (χ0) is 20.5. The van der Waals surface area contributed by atoms with Gasteiger partial charge >= 0.3 is 0 Å². The standard InChI is InChI=1S/C25H27NO2S/c1-16-14-21(17(2)29-16)22(27)15-23-19-12-8-9-13-20(19)24(26(3)4)25(28-23)18-10-6-5-7-11-18/h5-14,23-25H,15H2,1-4H3/t23?,24-,25+/m0/s1. The number of likely N-dealkylation sites (N-methyl/N-ethyl adjacent to an activating group) is 1. The molecule has 1 unspecified atom stereocenters. The molecule has 0 aliphatic carbocycles. The van der Waals surface area contributed by atoms with Crippen molar-refractivity contribution >= 4 is 17.1 Å². The summed E-state index contributed by atoms with van der Waals surface area (Å²) in [5.74, 6) is 0.154. The summed E-state index contributed by atoms with van der Waals surface area (Å²) in [7, 11) is 4.17. The molecule has 1 aliphatic heterocycles. The van der Waals surface area contributed by atoms with E-state index in [0.717, 1.165) is 21.6 Å². The molecule has 0 spiro atoms. The van der Waals surface area contributed by atoms with Crippen molar-refractivity contribution in [2.75, 3.05) is 14.1 Å². The Bertz CT molecular complexity index is 1010. The Hall–Kier alpha value is -2.27. The predicted molar refractivity (Wildman–Crippen MR) is 119 cm³/mol. The van der Waals surface area contributed by atoms with Gasteiger partial charge in [-0.15, -0.1) is 11.3 Å². The molecule has 3 nitrogen and oxygen atoms in total. The first-order valence-corrected chi connectivity index (χ1v) is 10.8. The van der Waals surface area contributed by atoms with E-state index in [4.69, 9.17) is 4.74 Å². The number of thiophene rings is 1. The van der Waals surface area contributed by atoms with E-state index in [1.165, 1.54) is 10.4 Å². The Kier molecular flexibility index (Phi) is 5.68. The fourth-order valence-electron chi connectivity index (χ4n) is 4.36. The van der Waals surface area contributed by atoms with Crippen LogP contribution in [0.15, 0.2) is 60.7 Å². The van der Waals surface area contributed by atoms with Crippen LogP contribution in [0.4, 0.5) is 0 Å². The zero-order valence-corrected chi connectivity index (χ0v) is 18.2. The number of carbonyl (C=O) groups is 1. The van der Waals surface area contributed by atoms with Crippen LogP contribution in [0.2, 0.25) is 0 Å². The van der Waals surface area contributed by atoms with E-state index in [1.54, 1.807) is 11.3 Å². The smallest absolute Gasteiger partial charge is 0.166 e. The van der Waals surface area contributed by atoms with Gasteiger partial charge in [-0.05, 0) is 50.7 Å². The number of fused-ring (bicyclic) bond motifs is 1. The Balaban J connectivity index is 1.73. The van der Waals surface area contributed by atoms with E-state index in [1.807, 2.05) is 44.2 Å². The molecule has 29 heavy (non-hydrogen) atoms. The van der Waals surface area contributed by atoms with Crippen molar-refractivity contribution in [3.63, 3.8) is 0 Å². The average Bonchev–Trinajstić information content (AvgIpc) is 3.06. The van der Waals surface area contributed by atoms with Gasteiger partial charge < -0.3 is 4.74 Å². The van der Waals surface area contributed by atoms with Gasteiger partial charge in [0.2, 0.25) is 0 Å². The van der Waals surface area contributed by atoms with E-state index >= 15 is 0 Å². The van der Waals surface area contributed by atoms with Crippen LogP contribution < -0.4 is 0 Å². The van der Waals surface area contributed by atoms with Gasteiger partial charge in [-0.3, -0.25) is 9.69 Å². The van der Waals surface area contributed by atoms with E-state index in [9.17, 15) is 4.79 Å². The van der Waals surface area contributed by atoms with E-state index in [0.29, 0.717) is 6.42 Å². The second kappa shape index (κ2) is 8.23. The summed E-state index contributed by atoms with van der Waals surface area (Å²) in [6.45, 7) is 4.07. The van der Waals surface area contributed by atoms with Crippen molar-refractivity contribution in [3.05, 3.63) is 92.7 Å². The third-order valence-corrected chi connectivity index (χ3v) is 6.62. The molecule has 2 aromatic carbocycles. The third kappa shape index (κ3) is 3.93. The number of hydrogen-bond donors (Lipinski definition) is 0. The average molecular weight is 406 g/mol. The molecule has 4 heteroatoms. The normalized spacial score (nSPS) is 21.2. The molecule has 4 rings (SSSR count). The fraction of sp³-hybridized carbons (Fsp3) is 0.320. The molecule has 3 atom stereocenters. The summed E-state index contributed by atoms with van der Waals surface area (Å²) in [6.07, 6.45) is -0.0127. The summed E-state index contributed by atoms with van der Waals surface area (Å²) < 4.78 is 6.65. The van der Waals surface area contributed by atoms with Gasteiger partial charge in [-0.1, -0.05) is 54.6 Å². The van der Waals surface area contributed by atoms with E-state index < -0.39 is 0 Å². The van der Waals surface area contributed by atoms with E-state index in [2.05, 4.69) is 49.3 Å². The van der Waals surface area contributed by atoms with Crippen LogP contribution in [0.1, 0.15) is 61.5 Å². The number of aryl methyl sites for hydroxylation is 2. The highest BCUT2D eigenvalue weighted by atomic mass is 32.1. The number of ether oxygens (including phenoxy) is 1. The summed E-state index contributed by atoms with van der Waals surface area (Å²) in [5.41, 5.74) is 4.34. The fourth-order valence-corrected chi connectivity index (χ4v) is 5.30. The number of carbonyl (C=O) groups excluding carboxylic acids is 1. The molecule has 0 amide bonds. The monoisotopic (exact) mass is 405 g/mol. The lowest BCUT2D eigenvalue weighted by Gasteiger charge is -2.41. The molecule has 2 heterocycles. The third-order valence-electron chi connectivity index (χ3n) is 5.66. The first kappa shape index (κ1) is 20.0. The maximum atomic E-state index is 13.1. The summed E-state index contributed by atoms with van der Waals surface area (Å²) in [6, 6.07) is 20.8.